The summed E-state index contributed by atoms with van der Waals surface area (Å²) in [4.78, 5) is 27.3. The summed E-state index contributed by atoms with van der Waals surface area (Å²) >= 11 is 5.94. The van der Waals surface area contributed by atoms with Crippen molar-refractivity contribution in [3.8, 4) is 0 Å². The number of anilines is 1. The number of rotatable bonds is 5. The zero-order chi connectivity index (χ0) is 21.2. The van der Waals surface area contributed by atoms with E-state index in [0.717, 1.165) is 18.2 Å². The second-order valence-corrected chi connectivity index (χ2v) is 7.21. The highest BCUT2D eigenvalue weighted by molar-refractivity contribution is 6.25. The van der Waals surface area contributed by atoms with Crippen LogP contribution in [0.15, 0.2) is 54.3 Å². The molecule has 0 spiro atoms. The Balaban J connectivity index is 1.91. The van der Waals surface area contributed by atoms with E-state index in [4.69, 9.17) is 16.3 Å². The molecule has 1 heterocycles. The second kappa shape index (κ2) is 8.21. The minimum absolute atomic E-state index is 0.00899. The van der Waals surface area contributed by atoms with E-state index in [-0.39, 0.29) is 23.9 Å². The molecule has 1 N–H and O–H groups in total. The number of hydrogen-bond donors (Lipinski definition) is 1. The molecule has 0 aliphatic carbocycles. The SMILES string of the molecule is CC(C)(C(=O)Nc1cc(F)ccc1F)N1COC(CCl)=C(c2ccccc2)C1=O. The Morgan fingerprint density at radius 1 is 1.21 bits per heavy atom. The van der Waals surface area contributed by atoms with Crippen LogP contribution in [0.25, 0.3) is 5.57 Å². The van der Waals surface area contributed by atoms with Crippen molar-refractivity contribution in [1.82, 2.24) is 4.90 Å². The lowest BCUT2D eigenvalue weighted by Gasteiger charge is -2.40. The molecule has 0 bridgehead atoms. The van der Waals surface area contributed by atoms with E-state index >= 15 is 0 Å². The van der Waals surface area contributed by atoms with Gasteiger partial charge in [-0.25, -0.2) is 8.78 Å². The molecule has 0 aromatic heterocycles. The Labute approximate surface area is 171 Å². The Hall–Kier alpha value is -2.93. The fourth-order valence-corrected chi connectivity index (χ4v) is 3.14. The fraction of sp³-hybridized carbons (Fsp3) is 0.238. The molecular weight excluding hydrogens is 402 g/mol. The van der Waals surface area contributed by atoms with E-state index in [1.54, 1.807) is 30.3 Å². The maximum absolute atomic E-state index is 13.9. The number of hydrogen-bond acceptors (Lipinski definition) is 3. The molecule has 8 heteroatoms. The van der Waals surface area contributed by atoms with Crippen LogP contribution in [0.4, 0.5) is 14.5 Å². The molecular formula is C21H19ClF2N2O3. The first kappa shape index (κ1) is 20.8. The topological polar surface area (TPSA) is 58.6 Å². The van der Waals surface area contributed by atoms with Gasteiger partial charge in [-0.3, -0.25) is 14.5 Å². The van der Waals surface area contributed by atoms with Crippen LogP contribution in [-0.2, 0) is 14.3 Å². The van der Waals surface area contributed by atoms with Crippen LogP contribution < -0.4 is 5.32 Å². The van der Waals surface area contributed by atoms with Crippen molar-refractivity contribution in [2.24, 2.45) is 0 Å². The van der Waals surface area contributed by atoms with Gasteiger partial charge in [0.2, 0.25) is 5.91 Å². The summed E-state index contributed by atoms with van der Waals surface area (Å²) in [5, 5.41) is 2.34. The number of halogens is 3. The molecule has 1 aliphatic rings. The van der Waals surface area contributed by atoms with E-state index < -0.39 is 29.0 Å². The summed E-state index contributed by atoms with van der Waals surface area (Å²) in [6.45, 7) is 2.79. The minimum atomic E-state index is -1.42. The number of carbonyl (C=O) groups excluding carboxylic acids is 2. The third-order valence-electron chi connectivity index (χ3n) is 4.70. The second-order valence-electron chi connectivity index (χ2n) is 6.94. The Bertz CT molecular complexity index is 977. The molecule has 152 valence electrons. The van der Waals surface area contributed by atoms with Gasteiger partial charge >= 0.3 is 0 Å². The smallest absolute Gasteiger partial charge is 0.261 e. The van der Waals surface area contributed by atoms with Crippen LogP contribution in [-0.4, -0.2) is 34.9 Å². The molecule has 2 amide bonds. The van der Waals surface area contributed by atoms with E-state index in [1.807, 2.05) is 0 Å². The van der Waals surface area contributed by atoms with Crippen LogP contribution >= 0.6 is 11.6 Å². The van der Waals surface area contributed by atoms with Gasteiger partial charge in [-0.1, -0.05) is 30.3 Å². The lowest BCUT2D eigenvalue weighted by atomic mass is 9.96. The lowest BCUT2D eigenvalue weighted by Crippen LogP contribution is -2.57. The fourth-order valence-electron chi connectivity index (χ4n) is 2.93. The number of nitrogens with one attached hydrogen (secondary N) is 1. The standard InChI is InChI=1S/C21H19ClF2N2O3/c1-21(2,20(28)25-16-10-14(23)8-9-15(16)24)26-12-29-17(11-22)18(19(26)27)13-6-4-3-5-7-13/h3-10H,11-12H2,1-2H3,(H,25,28). The summed E-state index contributed by atoms with van der Waals surface area (Å²) < 4.78 is 33.0. The number of nitrogens with zero attached hydrogens (tertiary/aromatic N) is 1. The maximum Gasteiger partial charge on any atom is 0.261 e. The number of ether oxygens (including phenoxy) is 1. The van der Waals surface area contributed by atoms with Crippen LogP contribution in [0.5, 0.6) is 0 Å². The first-order valence-corrected chi connectivity index (χ1v) is 9.35. The molecule has 3 rings (SSSR count). The number of amides is 2. The molecule has 0 unspecified atom stereocenters. The monoisotopic (exact) mass is 420 g/mol. The maximum atomic E-state index is 13.9. The van der Waals surface area contributed by atoms with Crippen LogP contribution in [0.3, 0.4) is 0 Å². The van der Waals surface area contributed by atoms with Gasteiger partial charge in [-0.05, 0) is 31.5 Å². The molecule has 0 fully saturated rings. The highest BCUT2D eigenvalue weighted by atomic mass is 35.5. The van der Waals surface area contributed by atoms with Gasteiger partial charge in [0, 0.05) is 6.07 Å². The van der Waals surface area contributed by atoms with Crippen molar-refractivity contribution in [1.29, 1.82) is 0 Å². The van der Waals surface area contributed by atoms with E-state index in [1.165, 1.54) is 18.7 Å². The van der Waals surface area contributed by atoms with Crippen molar-refractivity contribution < 1.29 is 23.1 Å². The molecule has 0 atom stereocenters. The summed E-state index contributed by atoms with van der Waals surface area (Å²) in [7, 11) is 0. The Kier molecular flexibility index (Phi) is 5.88. The van der Waals surface area contributed by atoms with Crippen molar-refractivity contribution in [2.45, 2.75) is 19.4 Å². The molecule has 29 heavy (non-hydrogen) atoms. The van der Waals surface area contributed by atoms with Gasteiger partial charge in [0.15, 0.2) is 6.73 Å². The van der Waals surface area contributed by atoms with Crippen molar-refractivity contribution in [2.75, 3.05) is 17.9 Å². The van der Waals surface area contributed by atoms with Gasteiger partial charge in [0.25, 0.3) is 5.91 Å². The Morgan fingerprint density at radius 2 is 1.90 bits per heavy atom. The third kappa shape index (κ3) is 4.10. The first-order valence-electron chi connectivity index (χ1n) is 8.81. The van der Waals surface area contributed by atoms with Crippen molar-refractivity contribution in [3.63, 3.8) is 0 Å². The van der Waals surface area contributed by atoms with Crippen LogP contribution in [0.1, 0.15) is 19.4 Å². The normalized spacial score (nSPS) is 14.7. The largest absolute Gasteiger partial charge is 0.475 e. The molecule has 2 aromatic carbocycles. The summed E-state index contributed by atoms with van der Waals surface area (Å²) in [6.07, 6.45) is 0. The number of allylic oxidation sites excluding steroid dienone is 1. The van der Waals surface area contributed by atoms with Crippen LogP contribution in [0, 0.1) is 11.6 Å². The average Bonchev–Trinajstić information content (AvgIpc) is 2.70. The number of carbonyl (C=O) groups is 2. The molecule has 5 nitrogen and oxygen atoms in total. The van der Waals surface area contributed by atoms with Crippen LogP contribution in [0.2, 0.25) is 0 Å². The molecule has 1 aliphatic heterocycles. The van der Waals surface area contributed by atoms with Gasteiger partial charge in [-0.15, -0.1) is 11.6 Å². The first-order chi connectivity index (χ1) is 13.8. The zero-order valence-corrected chi connectivity index (χ0v) is 16.6. The summed E-state index contributed by atoms with van der Waals surface area (Å²) in [5.41, 5.74) is -0.878. The zero-order valence-electron chi connectivity index (χ0n) is 15.8. The average molecular weight is 421 g/mol. The molecule has 0 saturated carbocycles. The quantitative estimate of drug-likeness (QED) is 0.739. The number of benzene rings is 2. The van der Waals surface area contributed by atoms with E-state index in [2.05, 4.69) is 5.32 Å². The number of alkyl halides is 1. The highest BCUT2D eigenvalue weighted by Gasteiger charge is 2.43. The van der Waals surface area contributed by atoms with Crippen molar-refractivity contribution in [3.05, 3.63) is 71.5 Å². The predicted octanol–water partition coefficient (Wildman–Crippen LogP) is 4.15. The third-order valence-corrected chi connectivity index (χ3v) is 4.94. The molecule has 2 aromatic rings. The van der Waals surface area contributed by atoms with Gasteiger partial charge in [0.1, 0.15) is 22.9 Å². The van der Waals surface area contributed by atoms with Crippen molar-refractivity contribution >= 4 is 34.7 Å². The summed E-state index contributed by atoms with van der Waals surface area (Å²) in [5.74, 6) is -2.32. The Morgan fingerprint density at radius 3 is 2.55 bits per heavy atom. The van der Waals surface area contributed by atoms with E-state index in [0.29, 0.717) is 11.3 Å². The predicted molar refractivity (Wildman–Crippen MR) is 106 cm³/mol. The van der Waals surface area contributed by atoms with Gasteiger partial charge in [-0.2, -0.15) is 0 Å². The lowest BCUT2D eigenvalue weighted by molar-refractivity contribution is -0.147. The summed E-state index contributed by atoms with van der Waals surface area (Å²) in [6, 6.07) is 11.6. The molecule has 0 saturated heterocycles. The van der Waals surface area contributed by atoms with Gasteiger partial charge in [0.05, 0.1) is 17.1 Å². The van der Waals surface area contributed by atoms with E-state index in [9.17, 15) is 18.4 Å². The molecule has 0 radical (unpaired) electrons. The highest BCUT2D eigenvalue weighted by Crippen LogP contribution is 2.32. The minimum Gasteiger partial charge on any atom is -0.475 e. The van der Waals surface area contributed by atoms with Gasteiger partial charge < -0.3 is 10.1 Å².